The maximum absolute atomic E-state index is 13.3. The molecule has 0 fully saturated rings. The van der Waals surface area contributed by atoms with Crippen molar-refractivity contribution in [1.29, 1.82) is 0 Å². The van der Waals surface area contributed by atoms with Crippen LogP contribution in [-0.2, 0) is 17.8 Å². The molecule has 0 aliphatic carbocycles. The van der Waals surface area contributed by atoms with Crippen molar-refractivity contribution in [1.82, 2.24) is 10.3 Å². The van der Waals surface area contributed by atoms with Crippen LogP contribution >= 0.6 is 23.2 Å². The molecule has 0 saturated heterocycles. The molecule has 0 saturated carbocycles. The first kappa shape index (κ1) is 25.3. The third-order valence-corrected chi connectivity index (χ3v) is 5.47. The number of ketones is 1. The van der Waals surface area contributed by atoms with Crippen LogP contribution in [0.3, 0.4) is 0 Å². The first-order valence-corrected chi connectivity index (χ1v) is 10.8. The standard InChI is InChI=1S/C24H21Cl2FN2O5/c1-32-21-7-6-16(20(30)9-17-18(25)11-28-12-19(17)26)23(24(21)33-2)34-13-22(31)29-10-14-4-3-5-15(27)8-14/h3-8,11-12H,9-10,13H2,1-2H3,(H,29,31). The summed E-state index contributed by atoms with van der Waals surface area (Å²) in [4.78, 5) is 29.4. The summed E-state index contributed by atoms with van der Waals surface area (Å²) in [5.41, 5.74) is 1.16. The van der Waals surface area contributed by atoms with Crippen molar-refractivity contribution >= 4 is 34.9 Å². The van der Waals surface area contributed by atoms with Gasteiger partial charge in [0.25, 0.3) is 5.91 Å². The van der Waals surface area contributed by atoms with E-state index in [0.717, 1.165) is 0 Å². The van der Waals surface area contributed by atoms with E-state index >= 15 is 0 Å². The summed E-state index contributed by atoms with van der Waals surface area (Å²) < 4.78 is 29.7. The van der Waals surface area contributed by atoms with Gasteiger partial charge < -0.3 is 19.5 Å². The molecule has 0 spiro atoms. The third kappa shape index (κ3) is 6.15. The SMILES string of the molecule is COc1ccc(C(=O)Cc2c(Cl)cncc2Cl)c(OCC(=O)NCc2cccc(F)c2)c1OC. The number of carbonyl (C=O) groups is 2. The molecule has 0 atom stereocenters. The molecule has 178 valence electrons. The van der Waals surface area contributed by atoms with Crippen molar-refractivity contribution in [3.63, 3.8) is 0 Å². The zero-order chi connectivity index (χ0) is 24.7. The quantitative estimate of drug-likeness (QED) is 0.402. The molecule has 1 aromatic heterocycles. The minimum absolute atomic E-state index is 0.0362. The van der Waals surface area contributed by atoms with E-state index in [9.17, 15) is 14.0 Å². The molecule has 0 unspecified atom stereocenters. The van der Waals surface area contributed by atoms with Crippen LogP contribution in [0.4, 0.5) is 4.39 Å². The minimum atomic E-state index is -0.479. The molecule has 3 aromatic rings. The van der Waals surface area contributed by atoms with Gasteiger partial charge in [0.15, 0.2) is 23.9 Å². The second-order valence-electron chi connectivity index (χ2n) is 7.05. The van der Waals surface area contributed by atoms with E-state index in [1.54, 1.807) is 18.2 Å². The van der Waals surface area contributed by atoms with Crippen LogP contribution in [0, 0.1) is 5.82 Å². The molecule has 0 aliphatic heterocycles. The van der Waals surface area contributed by atoms with Crippen molar-refractivity contribution in [3.8, 4) is 17.2 Å². The van der Waals surface area contributed by atoms with Gasteiger partial charge in [0.05, 0.1) is 29.8 Å². The lowest BCUT2D eigenvalue weighted by molar-refractivity contribution is -0.123. The fourth-order valence-electron chi connectivity index (χ4n) is 3.16. The largest absolute Gasteiger partial charge is 0.493 e. The predicted molar refractivity (Wildman–Crippen MR) is 126 cm³/mol. The summed E-state index contributed by atoms with van der Waals surface area (Å²) in [5.74, 6) is -0.748. The van der Waals surface area contributed by atoms with Crippen molar-refractivity contribution in [2.45, 2.75) is 13.0 Å². The average Bonchev–Trinajstić information content (AvgIpc) is 2.83. The first-order chi connectivity index (χ1) is 16.3. The molecule has 1 N–H and O–H groups in total. The Bertz CT molecular complexity index is 1190. The van der Waals surface area contributed by atoms with E-state index in [4.69, 9.17) is 37.4 Å². The molecular formula is C24H21Cl2FN2O5. The number of hydrogen-bond acceptors (Lipinski definition) is 6. The summed E-state index contributed by atoms with van der Waals surface area (Å²) in [5, 5.41) is 3.14. The molecule has 3 rings (SSSR count). The van der Waals surface area contributed by atoms with Gasteiger partial charge in [-0.3, -0.25) is 14.6 Å². The smallest absolute Gasteiger partial charge is 0.258 e. The van der Waals surface area contributed by atoms with Gasteiger partial charge in [0, 0.05) is 30.9 Å². The van der Waals surface area contributed by atoms with E-state index in [1.807, 2.05) is 0 Å². The number of amides is 1. The Morgan fingerprint density at radius 3 is 2.41 bits per heavy atom. The van der Waals surface area contributed by atoms with Crippen molar-refractivity contribution in [2.75, 3.05) is 20.8 Å². The number of ether oxygens (including phenoxy) is 3. The minimum Gasteiger partial charge on any atom is -0.493 e. The van der Waals surface area contributed by atoms with Crippen LogP contribution in [0.25, 0.3) is 0 Å². The first-order valence-electron chi connectivity index (χ1n) is 10.0. The van der Waals surface area contributed by atoms with Gasteiger partial charge in [0.1, 0.15) is 5.82 Å². The number of pyridine rings is 1. The Kier molecular flexibility index (Phi) is 8.67. The fraction of sp³-hybridized carbons (Fsp3) is 0.208. The Labute approximate surface area is 205 Å². The normalized spacial score (nSPS) is 10.5. The molecule has 1 heterocycles. The monoisotopic (exact) mass is 506 g/mol. The lowest BCUT2D eigenvalue weighted by Crippen LogP contribution is -2.28. The van der Waals surface area contributed by atoms with Crippen LogP contribution in [0.15, 0.2) is 48.8 Å². The predicted octanol–water partition coefficient (Wildman–Crippen LogP) is 4.67. The molecule has 7 nitrogen and oxygen atoms in total. The molecule has 1 amide bonds. The summed E-state index contributed by atoms with van der Waals surface area (Å²) in [6.45, 7) is -0.310. The van der Waals surface area contributed by atoms with Crippen molar-refractivity contribution < 1.29 is 28.2 Å². The summed E-state index contributed by atoms with van der Waals surface area (Å²) >= 11 is 12.3. The highest BCUT2D eigenvalue weighted by Gasteiger charge is 2.23. The van der Waals surface area contributed by atoms with Crippen LogP contribution in [0.2, 0.25) is 10.0 Å². The number of nitrogens with one attached hydrogen (secondary N) is 1. The second-order valence-corrected chi connectivity index (χ2v) is 7.87. The maximum atomic E-state index is 13.3. The number of rotatable bonds is 10. The Morgan fingerprint density at radius 2 is 1.76 bits per heavy atom. The van der Waals surface area contributed by atoms with E-state index in [-0.39, 0.29) is 45.9 Å². The number of hydrogen-bond donors (Lipinski definition) is 1. The fourth-order valence-corrected chi connectivity index (χ4v) is 3.66. The van der Waals surface area contributed by atoms with E-state index in [1.165, 1.54) is 44.8 Å². The molecule has 0 bridgehead atoms. The van der Waals surface area contributed by atoms with Crippen LogP contribution in [0.5, 0.6) is 17.2 Å². The van der Waals surface area contributed by atoms with Crippen molar-refractivity contribution in [2.24, 2.45) is 0 Å². The maximum Gasteiger partial charge on any atom is 0.258 e. The average molecular weight is 507 g/mol. The highest BCUT2D eigenvalue weighted by atomic mass is 35.5. The van der Waals surface area contributed by atoms with E-state index in [0.29, 0.717) is 16.9 Å². The summed E-state index contributed by atoms with van der Waals surface area (Å²) in [7, 11) is 2.82. The molecular weight excluding hydrogens is 486 g/mol. The zero-order valence-electron chi connectivity index (χ0n) is 18.4. The Hall–Kier alpha value is -3.36. The van der Waals surface area contributed by atoms with E-state index < -0.39 is 18.3 Å². The van der Waals surface area contributed by atoms with E-state index in [2.05, 4.69) is 10.3 Å². The molecule has 34 heavy (non-hydrogen) atoms. The highest BCUT2D eigenvalue weighted by Crippen LogP contribution is 2.40. The number of methoxy groups -OCH3 is 2. The highest BCUT2D eigenvalue weighted by molar-refractivity contribution is 6.36. The molecule has 2 aromatic carbocycles. The molecule has 10 heteroatoms. The topological polar surface area (TPSA) is 86.8 Å². The lowest BCUT2D eigenvalue weighted by Gasteiger charge is -2.17. The van der Waals surface area contributed by atoms with Gasteiger partial charge in [-0.15, -0.1) is 0 Å². The number of halogens is 3. The van der Waals surface area contributed by atoms with Gasteiger partial charge in [-0.1, -0.05) is 35.3 Å². The number of carbonyl (C=O) groups excluding carboxylic acids is 2. The second kappa shape index (κ2) is 11.7. The van der Waals surface area contributed by atoms with Gasteiger partial charge in [-0.05, 0) is 29.8 Å². The van der Waals surface area contributed by atoms with Crippen molar-refractivity contribution in [3.05, 3.63) is 81.3 Å². The summed E-state index contributed by atoms with van der Waals surface area (Å²) in [6.07, 6.45) is 2.66. The molecule has 0 radical (unpaired) electrons. The van der Waals surface area contributed by atoms with Crippen LogP contribution in [-0.4, -0.2) is 37.5 Å². The lowest BCUT2D eigenvalue weighted by atomic mass is 10.0. The van der Waals surface area contributed by atoms with Gasteiger partial charge in [-0.25, -0.2) is 4.39 Å². The zero-order valence-corrected chi connectivity index (χ0v) is 19.9. The van der Waals surface area contributed by atoms with Crippen LogP contribution in [0.1, 0.15) is 21.5 Å². The number of benzene rings is 2. The third-order valence-electron chi connectivity index (χ3n) is 4.82. The Balaban J connectivity index is 1.80. The summed E-state index contributed by atoms with van der Waals surface area (Å²) in [6, 6.07) is 8.92. The van der Waals surface area contributed by atoms with Crippen LogP contribution < -0.4 is 19.5 Å². The van der Waals surface area contributed by atoms with Gasteiger partial charge >= 0.3 is 0 Å². The number of nitrogens with zero attached hydrogens (tertiary/aromatic N) is 1. The van der Waals surface area contributed by atoms with Gasteiger partial charge in [0.2, 0.25) is 5.75 Å². The van der Waals surface area contributed by atoms with Gasteiger partial charge in [-0.2, -0.15) is 0 Å². The number of Topliss-reactive ketones (excluding diaryl/α,β-unsaturated/α-hetero) is 1. The Morgan fingerprint density at radius 1 is 1.03 bits per heavy atom. The molecule has 0 aliphatic rings. The number of aromatic nitrogens is 1.